The van der Waals surface area contributed by atoms with Crippen molar-refractivity contribution in [3.63, 3.8) is 0 Å². The second kappa shape index (κ2) is 7.45. The molecule has 0 radical (unpaired) electrons. The van der Waals surface area contributed by atoms with Gasteiger partial charge in [0.25, 0.3) is 0 Å². The molecule has 1 fully saturated rings. The van der Waals surface area contributed by atoms with Crippen molar-refractivity contribution in [3.05, 3.63) is 28.2 Å². The van der Waals surface area contributed by atoms with Crippen LogP contribution < -0.4 is 0 Å². The van der Waals surface area contributed by atoms with E-state index >= 15 is 0 Å². The number of aliphatic hydroxyl groups excluding tert-OH is 1. The Bertz CT molecular complexity index is 483. The highest BCUT2D eigenvalue weighted by Crippen LogP contribution is 2.25. The summed E-state index contributed by atoms with van der Waals surface area (Å²) in [5.41, 5.74) is 1.16. The van der Waals surface area contributed by atoms with E-state index in [1.54, 1.807) is 16.7 Å². The quantitative estimate of drug-likeness (QED) is 0.836. The van der Waals surface area contributed by atoms with Crippen LogP contribution in [0.25, 0.3) is 0 Å². The second-order valence-corrected chi connectivity index (χ2v) is 6.65. The van der Waals surface area contributed by atoms with E-state index in [0.717, 1.165) is 14.9 Å². The van der Waals surface area contributed by atoms with Gasteiger partial charge in [-0.15, -0.1) is 11.8 Å². The number of amides is 1. The van der Waals surface area contributed by atoms with Crippen LogP contribution >= 0.6 is 27.7 Å². The molecule has 1 amide bonds. The predicted octanol–water partition coefficient (Wildman–Crippen LogP) is 2.07. The summed E-state index contributed by atoms with van der Waals surface area (Å²) in [6.07, 6.45) is -0.243. The molecular formula is C14H18BrNO3S. The van der Waals surface area contributed by atoms with Crippen molar-refractivity contribution < 1.29 is 14.6 Å². The Morgan fingerprint density at radius 3 is 3.10 bits per heavy atom. The van der Waals surface area contributed by atoms with Crippen molar-refractivity contribution in [2.45, 2.75) is 17.9 Å². The highest BCUT2D eigenvalue weighted by Gasteiger charge is 2.23. The topological polar surface area (TPSA) is 49.8 Å². The number of benzene rings is 1. The predicted molar refractivity (Wildman–Crippen MR) is 83.0 cm³/mol. The first-order valence-corrected chi connectivity index (χ1v) is 8.27. The smallest absolute Gasteiger partial charge is 0.233 e. The normalized spacial score (nSPS) is 19.1. The van der Waals surface area contributed by atoms with Gasteiger partial charge in [0.15, 0.2) is 0 Å². The number of thioether (sulfide) groups is 1. The summed E-state index contributed by atoms with van der Waals surface area (Å²) < 4.78 is 6.39. The second-order valence-electron chi connectivity index (χ2n) is 4.71. The molecule has 0 aliphatic carbocycles. The summed E-state index contributed by atoms with van der Waals surface area (Å²) in [5, 5.41) is 9.09. The van der Waals surface area contributed by atoms with E-state index in [1.165, 1.54) is 0 Å². The lowest BCUT2D eigenvalue weighted by Crippen LogP contribution is -2.47. The zero-order chi connectivity index (χ0) is 14.5. The number of morpholine rings is 1. The first-order valence-electron chi connectivity index (χ1n) is 6.49. The van der Waals surface area contributed by atoms with Gasteiger partial charge in [-0.1, -0.05) is 15.9 Å². The van der Waals surface area contributed by atoms with E-state index < -0.39 is 0 Å². The molecule has 1 unspecified atom stereocenters. The average molecular weight is 360 g/mol. The highest BCUT2D eigenvalue weighted by molar-refractivity contribution is 9.10. The van der Waals surface area contributed by atoms with Gasteiger partial charge >= 0.3 is 0 Å². The van der Waals surface area contributed by atoms with Crippen molar-refractivity contribution in [1.82, 2.24) is 4.90 Å². The standard InChI is InChI=1S/C14H18BrNO3S/c1-10-6-11(15)2-3-13(10)20-9-14(18)16-4-5-19-12(7-16)8-17/h2-3,6,12,17H,4-5,7-9H2,1H3. The lowest BCUT2D eigenvalue weighted by Gasteiger charge is -2.32. The Hall–Kier alpha value is -0.560. The summed E-state index contributed by atoms with van der Waals surface area (Å²) in [6, 6.07) is 6.05. The van der Waals surface area contributed by atoms with Gasteiger partial charge in [0.2, 0.25) is 5.91 Å². The van der Waals surface area contributed by atoms with E-state index in [2.05, 4.69) is 15.9 Å². The molecule has 0 saturated carbocycles. The van der Waals surface area contributed by atoms with E-state index in [1.807, 2.05) is 25.1 Å². The molecule has 20 heavy (non-hydrogen) atoms. The Kier molecular flexibility index (Phi) is 5.89. The monoisotopic (exact) mass is 359 g/mol. The zero-order valence-corrected chi connectivity index (χ0v) is 13.7. The van der Waals surface area contributed by atoms with Crippen LogP contribution in [0.1, 0.15) is 5.56 Å². The molecule has 1 aliphatic heterocycles. The van der Waals surface area contributed by atoms with Gasteiger partial charge < -0.3 is 14.7 Å². The number of rotatable bonds is 4. The maximum Gasteiger partial charge on any atom is 0.233 e. The molecule has 6 heteroatoms. The largest absolute Gasteiger partial charge is 0.394 e. The van der Waals surface area contributed by atoms with Gasteiger partial charge in [-0.25, -0.2) is 0 Å². The number of hydrogen-bond donors (Lipinski definition) is 1. The molecule has 1 aliphatic rings. The number of aryl methyl sites for hydroxylation is 1. The minimum absolute atomic E-state index is 0.0389. The summed E-state index contributed by atoms with van der Waals surface area (Å²) >= 11 is 4.98. The number of aliphatic hydroxyl groups is 1. The van der Waals surface area contributed by atoms with Crippen LogP contribution in [0.4, 0.5) is 0 Å². The third-order valence-corrected chi connectivity index (χ3v) is 4.84. The molecule has 110 valence electrons. The fourth-order valence-electron chi connectivity index (χ4n) is 2.06. The molecule has 0 aromatic heterocycles. The lowest BCUT2D eigenvalue weighted by atomic mass is 10.2. The van der Waals surface area contributed by atoms with Crippen molar-refractivity contribution in [1.29, 1.82) is 0 Å². The van der Waals surface area contributed by atoms with Gasteiger partial charge in [-0.3, -0.25) is 4.79 Å². The van der Waals surface area contributed by atoms with Gasteiger partial charge in [0, 0.05) is 22.5 Å². The minimum atomic E-state index is -0.243. The Labute approximate surface area is 131 Å². The number of ether oxygens (including phenoxy) is 1. The molecule has 1 aromatic rings. The number of hydrogen-bond acceptors (Lipinski definition) is 4. The fraction of sp³-hybridized carbons (Fsp3) is 0.500. The SMILES string of the molecule is Cc1cc(Br)ccc1SCC(=O)N1CCOC(CO)C1. The zero-order valence-electron chi connectivity index (χ0n) is 11.3. The Balaban J connectivity index is 1.88. The summed E-state index contributed by atoms with van der Waals surface area (Å²) in [4.78, 5) is 15.1. The van der Waals surface area contributed by atoms with Crippen LogP contribution in [-0.4, -0.2) is 54.1 Å². The molecule has 2 rings (SSSR count). The number of halogens is 1. The Morgan fingerprint density at radius 1 is 1.60 bits per heavy atom. The van der Waals surface area contributed by atoms with Gasteiger partial charge in [-0.05, 0) is 30.7 Å². The van der Waals surface area contributed by atoms with Crippen molar-refractivity contribution in [3.8, 4) is 0 Å². The molecule has 4 nitrogen and oxygen atoms in total. The summed E-state index contributed by atoms with van der Waals surface area (Å²) in [7, 11) is 0. The van der Waals surface area contributed by atoms with E-state index in [0.29, 0.717) is 25.4 Å². The summed E-state index contributed by atoms with van der Waals surface area (Å²) in [6.45, 7) is 3.58. The van der Waals surface area contributed by atoms with Gasteiger partial charge in [0.1, 0.15) is 0 Å². The molecule has 0 spiro atoms. The minimum Gasteiger partial charge on any atom is -0.394 e. The van der Waals surface area contributed by atoms with Crippen molar-refractivity contribution in [2.24, 2.45) is 0 Å². The van der Waals surface area contributed by atoms with E-state index in [9.17, 15) is 4.79 Å². The van der Waals surface area contributed by atoms with Crippen molar-refractivity contribution in [2.75, 3.05) is 32.1 Å². The molecule has 1 atom stereocenters. The third-order valence-electron chi connectivity index (χ3n) is 3.18. The van der Waals surface area contributed by atoms with Crippen LogP contribution in [0.2, 0.25) is 0 Å². The lowest BCUT2D eigenvalue weighted by molar-refractivity contribution is -0.137. The highest BCUT2D eigenvalue weighted by atomic mass is 79.9. The average Bonchev–Trinajstić information content (AvgIpc) is 2.46. The van der Waals surface area contributed by atoms with Crippen LogP contribution in [0.15, 0.2) is 27.6 Å². The van der Waals surface area contributed by atoms with Gasteiger partial charge in [-0.2, -0.15) is 0 Å². The van der Waals surface area contributed by atoms with E-state index in [-0.39, 0.29) is 18.6 Å². The van der Waals surface area contributed by atoms with Crippen LogP contribution in [0.3, 0.4) is 0 Å². The number of carbonyl (C=O) groups is 1. The first-order chi connectivity index (χ1) is 9.60. The molecule has 1 N–H and O–H groups in total. The molecule has 1 aromatic carbocycles. The molecule has 1 heterocycles. The van der Waals surface area contributed by atoms with Crippen LogP contribution in [0, 0.1) is 6.92 Å². The van der Waals surface area contributed by atoms with Crippen LogP contribution in [0.5, 0.6) is 0 Å². The maximum absolute atomic E-state index is 12.2. The molecule has 1 saturated heterocycles. The summed E-state index contributed by atoms with van der Waals surface area (Å²) in [5.74, 6) is 0.514. The first kappa shape index (κ1) is 15.8. The fourth-order valence-corrected chi connectivity index (χ4v) is 3.45. The molecule has 0 bridgehead atoms. The third kappa shape index (κ3) is 4.22. The maximum atomic E-state index is 12.2. The van der Waals surface area contributed by atoms with Gasteiger partial charge in [0.05, 0.1) is 25.1 Å². The molecular weight excluding hydrogens is 342 g/mol. The number of carbonyl (C=O) groups excluding carboxylic acids is 1. The van der Waals surface area contributed by atoms with Crippen molar-refractivity contribution >= 4 is 33.6 Å². The van der Waals surface area contributed by atoms with Crippen LogP contribution in [-0.2, 0) is 9.53 Å². The number of nitrogens with zero attached hydrogens (tertiary/aromatic N) is 1. The van der Waals surface area contributed by atoms with E-state index in [4.69, 9.17) is 9.84 Å². The Morgan fingerprint density at radius 2 is 2.40 bits per heavy atom.